The van der Waals surface area contributed by atoms with Gasteiger partial charge < -0.3 is 24.4 Å². The van der Waals surface area contributed by atoms with E-state index in [1.807, 2.05) is 18.2 Å². The van der Waals surface area contributed by atoms with Crippen LogP contribution < -0.4 is 14.8 Å². The number of esters is 1. The highest BCUT2D eigenvalue weighted by molar-refractivity contribution is 5.89. The molecule has 2 aromatic carbocycles. The topological polar surface area (TPSA) is 77.1 Å². The van der Waals surface area contributed by atoms with Gasteiger partial charge in [-0.1, -0.05) is 18.2 Å². The molecule has 0 fully saturated rings. The Balaban J connectivity index is 2.10. The molecule has 0 radical (unpaired) electrons. The second kappa shape index (κ2) is 9.47. The van der Waals surface area contributed by atoms with Crippen LogP contribution in [-0.2, 0) is 9.53 Å². The number of nitrogens with one attached hydrogen (secondary N) is 1. The fourth-order valence-corrected chi connectivity index (χ4v) is 2.31. The first-order chi connectivity index (χ1) is 12.9. The number of ether oxygens (including phenoxy) is 3. The van der Waals surface area contributed by atoms with Gasteiger partial charge in [-0.05, 0) is 29.8 Å². The monoisotopic (exact) mass is 372 g/mol. The Morgan fingerprint density at radius 1 is 1.07 bits per heavy atom. The number of hydrogen-bond donors (Lipinski definition) is 1. The lowest BCUT2D eigenvalue weighted by Crippen LogP contribution is -2.27. The van der Waals surface area contributed by atoms with E-state index in [1.165, 1.54) is 11.8 Å². The number of rotatable bonds is 7. The van der Waals surface area contributed by atoms with Crippen LogP contribution in [0.3, 0.4) is 0 Å². The molecule has 144 valence electrons. The molecule has 2 amide bonds. The smallest absolute Gasteiger partial charge is 0.321 e. The van der Waals surface area contributed by atoms with Crippen LogP contribution >= 0.6 is 0 Å². The van der Waals surface area contributed by atoms with Gasteiger partial charge in [0, 0.05) is 32.8 Å². The zero-order valence-corrected chi connectivity index (χ0v) is 15.9. The van der Waals surface area contributed by atoms with Gasteiger partial charge in [-0.3, -0.25) is 4.79 Å². The van der Waals surface area contributed by atoms with Gasteiger partial charge in [0.1, 0.15) is 18.1 Å². The molecule has 0 aliphatic rings. The first-order valence-electron chi connectivity index (χ1n) is 8.41. The maximum Gasteiger partial charge on any atom is 0.321 e. The second-order valence-electron chi connectivity index (χ2n) is 6.04. The van der Waals surface area contributed by atoms with E-state index in [2.05, 4.69) is 5.32 Å². The van der Waals surface area contributed by atoms with E-state index in [0.29, 0.717) is 17.2 Å². The third kappa shape index (κ3) is 6.22. The normalized spacial score (nSPS) is 11.3. The third-order valence-corrected chi connectivity index (χ3v) is 3.67. The van der Waals surface area contributed by atoms with Crippen LogP contribution in [0, 0.1) is 0 Å². The largest absolute Gasteiger partial charge is 0.497 e. The number of benzene rings is 2. The van der Waals surface area contributed by atoms with Crippen LogP contribution in [0.2, 0.25) is 0 Å². The van der Waals surface area contributed by atoms with E-state index in [-0.39, 0.29) is 12.6 Å². The van der Waals surface area contributed by atoms with Crippen molar-refractivity contribution in [3.05, 3.63) is 54.1 Å². The molecular formula is C20H24N2O5. The number of nitrogens with zero attached hydrogens (tertiary/aromatic N) is 1. The number of urea groups is 1. The summed E-state index contributed by atoms with van der Waals surface area (Å²) in [5.41, 5.74) is 1.37. The van der Waals surface area contributed by atoms with E-state index in [0.717, 1.165) is 5.56 Å². The minimum atomic E-state index is -0.586. The van der Waals surface area contributed by atoms with Gasteiger partial charge in [-0.2, -0.15) is 0 Å². The molecule has 0 bridgehead atoms. The molecule has 7 heteroatoms. The zero-order chi connectivity index (χ0) is 19.8. The quantitative estimate of drug-likeness (QED) is 0.753. The number of anilines is 1. The highest BCUT2D eigenvalue weighted by atomic mass is 16.6. The zero-order valence-electron chi connectivity index (χ0n) is 15.9. The van der Waals surface area contributed by atoms with E-state index in [1.54, 1.807) is 51.5 Å². The molecule has 0 aliphatic carbocycles. The molecule has 0 aliphatic heterocycles. The molecule has 0 saturated carbocycles. The molecule has 1 N–H and O–H groups in total. The number of carbonyl (C=O) groups excluding carboxylic acids is 2. The molecule has 0 spiro atoms. The average molecular weight is 372 g/mol. The number of carbonyl (C=O) groups is 2. The molecule has 27 heavy (non-hydrogen) atoms. The summed E-state index contributed by atoms with van der Waals surface area (Å²) >= 11 is 0. The highest BCUT2D eigenvalue weighted by Gasteiger charge is 2.17. The molecule has 7 nitrogen and oxygen atoms in total. The fourth-order valence-electron chi connectivity index (χ4n) is 2.31. The van der Waals surface area contributed by atoms with Gasteiger partial charge in [0.05, 0.1) is 7.11 Å². The van der Waals surface area contributed by atoms with Crippen LogP contribution in [0.25, 0.3) is 0 Å². The Morgan fingerprint density at radius 3 is 2.44 bits per heavy atom. The van der Waals surface area contributed by atoms with Crippen LogP contribution in [-0.4, -0.2) is 44.7 Å². The molecule has 2 aromatic rings. The van der Waals surface area contributed by atoms with Gasteiger partial charge in [0.2, 0.25) is 0 Å². The molecule has 0 saturated heterocycles. The maximum absolute atomic E-state index is 11.8. The number of amides is 2. The Labute approximate surface area is 158 Å². The molecule has 0 heterocycles. The minimum absolute atomic E-state index is 0.123. The van der Waals surface area contributed by atoms with Crippen LogP contribution in [0.4, 0.5) is 10.5 Å². The molecule has 1 unspecified atom stereocenters. The first kappa shape index (κ1) is 20.1. The Hall–Kier alpha value is -3.22. The van der Waals surface area contributed by atoms with Crippen molar-refractivity contribution in [2.24, 2.45) is 0 Å². The van der Waals surface area contributed by atoms with Gasteiger partial charge in [0.15, 0.2) is 6.10 Å². The van der Waals surface area contributed by atoms with E-state index in [4.69, 9.17) is 14.2 Å². The summed E-state index contributed by atoms with van der Waals surface area (Å²) in [7, 11) is 4.89. The molecule has 0 aromatic heterocycles. The second-order valence-corrected chi connectivity index (χ2v) is 6.04. The van der Waals surface area contributed by atoms with Crippen molar-refractivity contribution >= 4 is 17.7 Å². The molecule has 1 atom stereocenters. The van der Waals surface area contributed by atoms with E-state index >= 15 is 0 Å². The summed E-state index contributed by atoms with van der Waals surface area (Å²) in [5, 5.41) is 2.75. The predicted octanol–water partition coefficient (Wildman–Crippen LogP) is 3.47. The lowest BCUT2D eigenvalue weighted by molar-refractivity contribution is -0.148. The van der Waals surface area contributed by atoms with Crippen molar-refractivity contribution in [2.75, 3.05) is 33.1 Å². The van der Waals surface area contributed by atoms with Gasteiger partial charge in [-0.25, -0.2) is 4.79 Å². The molecular weight excluding hydrogens is 348 g/mol. The summed E-state index contributed by atoms with van der Waals surface area (Å²) in [6, 6.07) is 14.0. The van der Waals surface area contributed by atoms with Crippen molar-refractivity contribution in [3.8, 4) is 11.5 Å². The SMILES string of the molecule is COc1cccc(C(COc2cccc(NC(=O)N(C)C)c2)OC(C)=O)c1. The summed E-state index contributed by atoms with van der Waals surface area (Å²) < 4.78 is 16.4. The summed E-state index contributed by atoms with van der Waals surface area (Å²) in [6.07, 6.45) is -0.586. The van der Waals surface area contributed by atoms with Gasteiger partial charge in [0.25, 0.3) is 0 Å². The standard InChI is InChI=1S/C20H24N2O5/c1-14(23)27-19(15-7-5-9-17(11-15)25-4)13-26-18-10-6-8-16(12-18)21-20(24)22(2)3/h5-12,19H,13H2,1-4H3,(H,21,24). The highest BCUT2D eigenvalue weighted by Crippen LogP contribution is 2.25. The Bertz CT molecular complexity index is 791. The minimum Gasteiger partial charge on any atom is -0.497 e. The maximum atomic E-state index is 11.8. The van der Waals surface area contributed by atoms with Crippen LogP contribution in [0.15, 0.2) is 48.5 Å². The van der Waals surface area contributed by atoms with Crippen molar-refractivity contribution in [1.82, 2.24) is 4.90 Å². The summed E-state index contributed by atoms with van der Waals surface area (Å²) in [4.78, 5) is 24.7. The number of hydrogen-bond acceptors (Lipinski definition) is 5. The first-order valence-corrected chi connectivity index (χ1v) is 8.41. The lowest BCUT2D eigenvalue weighted by Gasteiger charge is -2.19. The van der Waals surface area contributed by atoms with Gasteiger partial charge >= 0.3 is 12.0 Å². The number of methoxy groups -OCH3 is 1. The van der Waals surface area contributed by atoms with Crippen molar-refractivity contribution < 1.29 is 23.8 Å². The van der Waals surface area contributed by atoms with Crippen molar-refractivity contribution in [1.29, 1.82) is 0 Å². The van der Waals surface area contributed by atoms with Crippen molar-refractivity contribution in [2.45, 2.75) is 13.0 Å². The van der Waals surface area contributed by atoms with Crippen LogP contribution in [0.5, 0.6) is 11.5 Å². The predicted molar refractivity (Wildman–Crippen MR) is 102 cm³/mol. The van der Waals surface area contributed by atoms with Crippen LogP contribution in [0.1, 0.15) is 18.6 Å². The summed E-state index contributed by atoms with van der Waals surface area (Å²) in [5.74, 6) is 0.808. The Morgan fingerprint density at radius 2 is 1.78 bits per heavy atom. The van der Waals surface area contributed by atoms with Gasteiger partial charge in [-0.15, -0.1) is 0 Å². The summed E-state index contributed by atoms with van der Waals surface area (Å²) in [6.45, 7) is 1.47. The molecule has 2 rings (SSSR count). The fraction of sp³-hybridized carbons (Fsp3) is 0.300. The van der Waals surface area contributed by atoms with Crippen molar-refractivity contribution in [3.63, 3.8) is 0 Å². The average Bonchev–Trinajstić information content (AvgIpc) is 2.65. The Kier molecular flexibility index (Phi) is 7.05. The van der Waals surface area contributed by atoms with E-state index in [9.17, 15) is 9.59 Å². The van der Waals surface area contributed by atoms with E-state index < -0.39 is 12.1 Å². The lowest BCUT2D eigenvalue weighted by atomic mass is 10.1. The third-order valence-electron chi connectivity index (χ3n) is 3.67.